The van der Waals surface area contributed by atoms with Crippen LogP contribution in [-0.2, 0) is 9.53 Å². The number of alkyl halides is 1. The number of unbranched alkanes of at least 4 members (excludes halogenated alkanes) is 9. The van der Waals surface area contributed by atoms with Crippen molar-refractivity contribution in [2.45, 2.75) is 140 Å². The number of ether oxygens (including phenoxy) is 1. The van der Waals surface area contributed by atoms with Crippen LogP contribution in [-0.4, -0.2) is 34.4 Å². The van der Waals surface area contributed by atoms with E-state index in [1.165, 1.54) is 50.1 Å². The summed E-state index contributed by atoms with van der Waals surface area (Å²) in [5.41, 5.74) is -1.69. The van der Waals surface area contributed by atoms with Crippen LogP contribution >= 0.6 is 22.6 Å². The van der Waals surface area contributed by atoms with E-state index < -0.39 is 25.2 Å². The number of rotatable bonds is 18. The van der Waals surface area contributed by atoms with E-state index >= 15 is 0 Å². The average Bonchev–Trinajstić information content (AvgIpc) is 2.84. The molecular formula is C32H55IO3Si. The molecule has 0 aliphatic heterocycles. The lowest BCUT2D eigenvalue weighted by Gasteiger charge is -2.45. The van der Waals surface area contributed by atoms with Crippen molar-refractivity contribution in [2.24, 2.45) is 5.41 Å². The van der Waals surface area contributed by atoms with Crippen LogP contribution < -0.4 is 5.19 Å². The fourth-order valence-electron chi connectivity index (χ4n) is 4.97. The largest absolute Gasteiger partial charge is 0.459 e. The Labute approximate surface area is 243 Å². The molecule has 0 unspecified atom stereocenters. The summed E-state index contributed by atoms with van der Waals surface area (Å²) in [5.74, 6) is -0.279. The Kier molecular flexibility index (Phi) is 15.9. The first-order valence-corrected chi connectivity index (χ1v) is 19.0. The number of hydrogen-bond acceptors (Lipinski definition) is 3. The minimum absolute atomic E-state index is 0.0724. The van der Waals surface area contributed by atoms with Gasteiger partial charge in [0.25, 0.3) is 0 Å². The van der Waals surface area contributed by atoms with Crippen molar-refractivity contribution in [3.8, 4) is 0 Å². The number of carbonyl (C=O) groups is 1. The molecule has 0 fully saturated rings. The predicted molar refractivity (Wildman–Crippen MR) is 172 cm³/mol. The molecule has 212 valence electrons. The van der Waals surface area contributed by atoms with E-state index in [-0.39, 0.29) is 9.52 Å². The number of halogens is 1. The standard InChI is InChI=1S/C32H55IO3Si/c1-8-10-12-14-16-21-25-28(34)32(30(35)36-31(3,4)5,26-22-17-15-13-11-9-2)29(33)37(6,7)27-23-19-18-20-24-27/h18-20,22-24,26,28-29,34H,8-17,21,25H2,1-7H3/b26-22+/t28-,29-,32+/m1/s1. The molecule has 1 aromatic carbocycles. The molecule has 3 atom stereocenters. The molecule has 37 heavy (non-hydrogen) atoms. The van der Waals surface area contributed by atoms with Crippen LogP contribution in [0, 0.1) is 5.41 Å². The third-order valence-electron chi connectivity index (χ3n) is 7.32. The monoisotopic (exact) mass is 642 g/mol. The second-order valence-electron chi connectivity index (χ2n) is 12.2. The maximum Gasteiger partial charge on any atom is 0.319 e. The van der Waals surface area contributed by atoms with Gasteiger partial charge in [0, 0.05) is 3.55 Å². The predicted octanol–water partition coefficient (Wildman–Crippen LogP) is 8.91. The molecule has 1 aromatic rings. The van der Waals surface area contributed by atoms with Gasteiger partial charge in [-0.1, -0.05) is 155 Å². The summed E-state index contributed by atoms with van der Waals surface area (Å²) in [6, 6.07) is 10.6. The lowest BCUT2D eigenvalue weighted by atomic mass is 9.80. The van der Waals surface area contributed by atoms with Crippen molar-refractivity contribution >= 4 is 41.8 Å². The number of carbonyl (C=O) groups excluding carboxylic acids is 1. The average molecular weight is 643 g/mol. The third-order valence-corrected chi connectivity index (χ3v) is 16.6. The maximum atomic E-state index is 14.2. The second kappa shape index (κ2) is 17.1. The minimum Gasteiger partial charge on any atom is -0.459 e. The lowest BCUT2D eigenvalue weighted by molar-refractivity contribution is -0.169. The number of hydrogen-bond donors (Lipinski definition) is 1. The number of aliphatic hydroxyl groups is 1. The summed E-state index contributed by atoms with van der Waals surface area (Å²) < 4.78 is 6.03. The van der Waals surface area contributed by atoms with E-state index in [9.17, 15) is 9.90 Å². The Bertz CT molecular complexity index is 787. The highest BCUT2D eigenvalue weighted by Crippen LogP contribution is 2.43. The molecule has 0 amide bonds. The van der Waals surface area contributed by atoms with Crippen molar-refractivity contribution in [1.29, 1.82) is 0 Å². The van der Waals surface area contributed by atoms with E-state index in [4.69, 9.17) is 4.74 Å². The fourth-order valence-corrected chi connectivity index (χ4v) is 9.87. The van der Waals surface area contributed by atoms with Crippen LogP contribution in [0.1, 0.15) is 112 Å². The molecule has 3 nitrogen and oxygen atoms in total. The van der Waals surface area contributed by atoms with Crippen LogP contribution in [0.25, 0.3) is 0 Å². The first-order valence-electron chi connectivity index (χ1n) is 14.7. The Morgan fingerprint density at radius 2 is 1.49 bits per heavy atom. The quantitative estimate of drug-likeness (QED) is 0.0435. The van der Waals surface area contributed by atoms with E-state index in [0.717, 1.165) is 25.7 Å². The molecule has 0 aromatic heterocycles. The Morgan fingerprint density at radius 1 is 0.946 bits per heavy atom. The molecule has 5 heteroatoms. The molecule has 0 saturated carbocycles. The van der Waals surface area contributed by atoms with Crippen molar-refractivity contribution in [3.05, 3.63) is 42.5 Å². The minimum atomic E-state index is -2.19. The topological polar surface area (TPSA) is 46.5 Å². The summed E-state index contributed by atoms with van der Waals surface area (Å²) in [5, 5.41) is 13.2. The van der Waals surface area contributed by atoms with Gasteiger partial charge < -0.3 is 9.84 Å². The molecule has 1 N–H and O–H groups in total. The Hall–Kier alpha value is -0.663. The zero-order valence-corrected chi connectivity index (χ0v) is 28.0. The number of benzene rings is 1. The van der Waals surface area contributed by atoms with Gasteiger partial charge in [0.2, 0.25) is 0 Å². The SMILES string of the molecule is CCCCCC/C=C/[C@](C(=O)OC(C)(C)C)([C@H](O)CCCCCCCC)[C@H](I)[Si](C)(C)c1ccccc1. The van der Waals surface area contributed by atoms with Crippen molar-refractivity contribution in [1.82, 2.24) is 0 Å². The molecule has 0 aliphatic rings. The molecule has 0 radical (unpaired) electrons. The smallest absolute Gasteiger partial charge is 0.319 e. The zero-order chi connectivity index (χ0) is 28.0. The first-order chi connectivity index (χ1) is 17.4. The molecule has 0 heterocycles. The summed E-state index contributed by atoms with van der Waals surface area (Å²) >= 11 is 2.49. The van der Waals surface area contributed by atoms with E-state index in [0.29, 0.717) is 6.42 Å². The van der Waals surface area contributed by atoms with E-state index in [2.05, 4.69) is 85.9 Å². The van der Waals surface area contributed by atoms with Gasteiger partial charge >= 0.3 is 5.97 Å². The Morgan fingerprint density at radius 3 is 2.05 bits per heavy atom. The van der Waals surface area contributed by atoms with E-state index in [1.807, 2.05) is 26.8 Å². The molecule has 0 spiro atoms. The summed E-state index contributed by atoms with van der Waals surface area (Å²) in [4.78, 5) is 14.2. The zero-order valence-electron chi connectivity index (χ0n) is 24.8. The molecule has 0 bridgehead atoms. The third kappa shape index (κ3) is 11.2. The molecular weight excluding hydrogens is 587 g/mol. The van der Waals surface area contributed by atoms with Crippen molar-refractivity contribution in [3.63, 3.8) is 0 Å². The van der Waals surface area contributed by atoms with Crippen LogP contribution in [0.2, 0.25) is 13.1 Å². The van der Waals surface area contributed by atoms with Gasteiger partial charge in [-0.15, -0.1) is 0 Å². The van der Waals surface area contributed by atoms with Gasteiger partial charge in [0.1, 0.15) is 11.0 Å². The number of allylic oxidation sites excluding steroid dienone is 1. The van der Waals surface area contributed by atoms with Gasteiger partial charge in [-0.2, -0.15) is 0 Å². The highest BCUT2D eigenvalue weighted by atomic mass is 127. The summed E-state index contributed by atoms with van der Waals surface area (Å²) in [6.07, 6.45) is 16.6. The van der Waals surface area contributed by atoms with Crippen LogP contribution in [0.5, 0.6) is 0 Å². The van der Waals surface area contributed by atoms with Gasteiger partial charge in [0.05, 0.1) is 14.2 Å². The highest BCUT2D eigenvalue weighted by molar-refractivity contribution is 14.1. The first kappa shape index (κ1) is 34.4. The van der Waals surface area contributed by atoms with Gasteiger partial charge in [-0.25, -0.2) is 0 Å². The molecule has 0 aliphatic carbocycles. The van der Waals surface area contributed by atoms with Gasteiger partial charge in [-0.05, 0) is 40.0 Å². The highest BCUT2D eigenvalue weighted by Gasteiger charge is 2.56. The van der Waals surface area contributed by atoms with Crippen LogP contribution in [0.15, 0.2) is 42.5 Å². The lowest BCUT2D eigenvalue weighted by Crippen LogP contribution is -2.63. The number of aliphatic hydroxyl groups excluding tert-OH is 1. The summed E-state index contributed by atoms with van der Waals surface area (Å²) in [7, 11) is -2.19. The molecule has 0 saturated heterocycles. The number of esters is 1. The van der Waals surface area contributed by atoms with Gasteiger partial charge in [0.15, 0.2) is 0 Å². The normalized spacial score (nSPS) is 15.9. The van der Waals surface area contributed by atoms with Gasteiger partial charge in [-0.3, -0.25) is 4.79 Å². The fraction of sp³-hybridized carbons (Fsp3) is 0.719. The molecule has 1 rings (SSSR count). The Balaban J connectivity index is 3.42. The van der Waals surface area contributed by atoms with Crippen molar-refractivity contribution in [2.75, 3.05) is 0 Å². The second-order valence-corrected chi connectivity index (χ2v) is 19.2. The van der Waals surface area contributed by atoms with Crippen molar-refractivity contribution < 1.29 is 14.6 Å². The van der Waals surface area contributed by atoms with E-state index in [1.54, 1.807) is 0 Å². The van der Waals surface area contributed by atoms with Crippen LogP contribution in [0.3, 0.4) is 0 Å². The maximum absolute atomic E-state index is 14.2. The van der Waals surface area contributed by atoms with Crippen LogP contribution in [0.4, 0.5) is 0 Å². The summed E-state index contributed by atoms with van der Waals surface area (Å²) in [6.45, 7) is 14.9.